The minimum absolute atomic E-state index is 0.0450. The number of hydrogen-bond donors (Lipinski definition) is 1. The second-order valence-electron chi connectivity index (χ2n) is 5.46. The van der Waals surface area contributed by atoms with Gasteiger partial charge >= 0.3 is 0 Å². The summed E-state index contributed by atoms with van der Waals surface area (Å²) in [4.78, 5) is 25.7. The number of nitrogens with one attached hydrogen (secondary N) is 1. The molecule has 1 atom stereocenters. The molecule has 1 unspecified atom stereocenters. The molecule has 5 heteroatoms. The number of anilines is 1. The minimum atomic E-state index is -0.104. The first-order valence-corrected chi connectivity index (χ1v) is 7.42. The SMILES string of the molecule is C=CC(=O)N1CCCC1CC(=O)Nc1cc(OC)ccc1C. The number of ether oxygens (including phenoxy) is 1. The lowest BCUT2D eigenvalue weighted by molar-refractivity contribution is -0.127. The molecule has 0 spiro atoms. The maximum absolute atomic E-state index is 12.3. The average Bonchev–Trinajstić information content (AvgIpc) is 2.96. The first-order chi connectivity index (χ1) is 10.5. The van der Waals surface area contributed by atoms with E-state index in [9.17, 15) is 9.59 Å². The van der Waals surface area contributed by atoms with Gasteiger partial charge in [-0.3, -0.25) is 9.59 Å². The topological polar surface area (TPSA) is 58.6 Å². The second kappa shape index (κ2) is 7.11. The molecule has 0 radical (unpaired) electrons. The van der Waals surface area contributed by atoms with Crippen molar-refractivity contribution in [2.45, 2.75) is 32.2 Å². The third-order valence-electron chi connectivity index (χ3n) is 3.97. The normalized spacial score (nSPS) is 17.2. The highest BCUT2D eigenvalue weighted by Crippen LogP contribution is 2.24. The molecule has 1 fully saturated rings. The molecule has 1 aromatic carbocycles. The molecule has 1 N–H and O–H groups in total. The van der Waals surface area contributed by atoms with Crippen LogP contribution in [-0.4, -0.2) is 36.4 Å². The highest BCUT2D eigenvalue weighted by molar-refractivity contribution is 5.93. The Kier molecular flexibility index (Phi) is 5.20. The Hall–Kier alpha value is -2.30. The van der Waals surface area contributed by atoms with Crippen LogP contribution in [0.4, 0.5) is 5.69 Å². The van der Waals surface area contributed by atoms with Gasteiger partial charge in [0.1, 0.15) is 5.75 Å². The summed E-state index contributed by atoms with van der Waals surface area (Å²) in [6.45, 7) is 6.14. The van der Waals surface area contributed by atoms with Gasteiger partial charge in [-0.25, -0.2) is 0 Å². The molecular weight excluding hydrogens is 280 g/mol. The molecule has 1 aromatic rings. The van der Waals surface area contributed by atoms with E-state index < -0.39 is 0 Å². The number of likely N-dealkylation sites (tertiary alicyclic amines) is 1. The number of amides is 2. The molecule has 2 rings (SSSR count). The highest BCUT2D eigenvalue weighted by atomic mass is 16.5. The van der Waals surface area contributed by atoms with E-state index in [1.165, 1.54) is 6.08 Å². The summed E-state index contributed by atoms with van der Waals surface area (Å²) >= 11 is 0. The van der Waals surface area contributed by atoms with Crippen molar-refractivity contribution >= 4 is 17.5 Å². The largest absolute Gasteiger partial charge is 0.497 e. The maximum Gasteiger partial charge on any atom is 0.246 e. The third kappa shape index (κ3) is 3.67. The lowest BCUT2D eigenvalue weighted by Crippen LogP contribution is -2.36. The summed E-state index contributed by atoms with van der Waals surface area (Å²) in [5.74, 6) is 0.503. The molecule has 1 saturated heterocycles. The van der Waals surface area contributed by atoms with Crippen molar-refractivity contribution in [1.82, 2.24) is 4.90 Å². The van der Waals surface area contributed by atoms with E-state index in [1.54, 1.807) is 18.1 Å². The fourth-order valence-corrected chi connectivity index (χ4v) is 2.73. The predicted molar refractivity (Wildman–Crippen MR) is 85.9 cm³/mol. The highest BCUT2D eigenvalue weighted by Gasteiger charge is 2.29. The van der Waals surface area contributed by atoms with Crippen LogP contribution in [-0.2, 0) is 9.59 Å². The van der Waals surface area contributed by atoms with Gasteiger partial charge in [-0.1, -0.05) is 12.6 Å². The van der Waals surface area contributed by atoms with Crippen LogP contribution in [0.2, 0.25) is 0 Å². The van der Waals surface area contributed by atoms with Gasteiger partial charge in [0, 0.05) is 30.8 Å². The van der Waals surface area contributed by atoms with Gasteiger partial charge in [0.2, 0.25) is 11.8 Å². The van der Waals surface area contributed by atoms with Crippen molar-refractivity contribution in [2.24, 2.45) is 0 Å². The van der Waals surface area contributed by atoms with E-state index in [4.69, 9.17) is 4.74 Å². The molecule has 0 bridgehead atoms. The van der Waals surface area contributed by atoms with Crippen LogP contribution in [0.3, 0.4) is 0 Å². The summed E-state index contributed by atoms with van der Waals surface area (Å²) < 4.78 is 5.17. The Morgan fingerprint density at radius 1 is 1.50 bits per heavy atom. The smallest absolute Gasteiger partial charge is 0.246 e. The maximum atomic E-state index is 12.3. The molecule has 1 heterocycles. The van der Waals surface area contributed by atoms with E-state index >= 15 is 0 Å². The van der Waals surface area contributed by atoms with Crippen LogP contribution in [0.15, 0.2) is 30.9 Å². The summed E-state index contributed by atoms with van der Waals surface area (Å²) in [7, 11) is 1.59. The molecule has 1 aliphatic heterocycles. The van der Waals surface area contributed by atoms with Gasteiger partial charge in [-0.05, 0) is 37.5 Å². The molecule has 2 amide bonds. The van der Waals surface area contributed by atoms with E-state index in [0.29, 0.717) is 18.7 Å². The number of carbonyl (C=O) groups excluding carboxylic acids is 2. The molecule has 0 aliphatic carbocycles. The van der Waals surface area contributed by atoms with Crippen molar-refractivity contribution < 1.29 is 14.3 Å². The van der Waals surface area contributed by atoms with Crippen molar-refractivity contribution in [3.8, 4) is 5.75 Å². The van der Waals surface area contributed by atoms with Crippen molar-refractivity contribution in [3.63, 3.8) is 0 Å². The van der Waals surface area contributed by atoms with Crippen LogP contribution in [0.5, 0.6) is 5.75 Å². The standard InChI is InChI=1S/C17H22N2O3/c1-4-17(21)19-9-5-6-13(19)10-16(20)18-15-11-14(22-3)8-7-12(15)2/h4,7-8,11,13H,1,5-6,9-10H2,2-3H3,(H,18,20). The van der Waals surface area contributed by atoms with E-state index in [2.05, 4.69) is 11.9 Å². The van der Waals surface area contributed by atoms with Crippen LogP contribution in [0, 0.1) is 6.92 Å². The summed E-state index contributed by atoms with van der Waals surface area (Å²) in [6, 6.07) is 5.51. The molecule has 5 nitrogen and oxygen atoms in total. The van der Waals surface area contributed by atoms with Gasteiger partial charge in [0.05, 0.1) is 7.11 Å². The zero-order chi connectivity index (χ0) is 16.1. The number of hydrogen-bond acceptors (Lipinski definition) is 3. The Bertz CT molecular complexity index is 583. The second-order valence-corrected chi connectivity index (χ2v) is 5.46. The number of nitrogens with zero attached hydrogens (tertiary/aromatic N) is 1. The number of carbonyl (C=O) groups is 2. The zero-order valence-corrected chi connectivity index (χ0v) is 13.1. The van der Waals surface area contributed by atoms with E-state index in [1.807, 2.05) is 19.1 Å². The lowest BCUT2D eigenvalue weighted by Gasteiger charge is -2.23. The molecule has 1 aliphatic rings. The fourth-order valence-electron chi connectivity index (χ4n) is 2.73. The van der Waals surface area contributed by atoms with Crippen molar-refractivity contribution in [3.05, 3.63) is 36.4 Å². The van der Waals surface area contributed by atoms with Gasteiger partial charge in [0.15, 0.2) is 0 Å². The number of aryl methyl sites for hydroxylation is 1. The van der Waals surface area contributed by atoms with Crippen LogP contribution in [0.1, 0.15) is 24.8 Å². The third-order valence-corrected chi connectivity index (χ3v) is 3.97. The number of methoxy groups -OCH3 is 1. The Morgan fingerprint density at radius 3 is 2.95 bits per heavy atom. The average molecular weight is 302 g/mol. The summed E-state index contributed by atoms with van der Waals surface area (Å²) in [6.07, 6.45) is 3.39. The first-order valence-electron chi connectivity index (χ1n) is 7.42. The Morgan fingerprint density at radius 2 is 2.27 bits per heavy atom. The number of rotatable bonds is 5. The van der Waals surface area contributed by atoms with E-state index in [0.717, 1.165) is 24.1 Å². The van der Waals surface area contributed by atoms with Crippen molar-refractivity contribution in [1.29, 1.82) is 0 Å². The van der Waals surface area contributed by atoms with Gasteiger partial charge in [-0.2, -0.15) is 0 Å². The van der Waals surface area contributed by atoms with Gasteiger partial charge in [0.25, 0.3) is 0 Å². The predicted octanol–water partition coefficient (Wildman–Crippen LogP) is 2.51. The summed E-state index contributed by atoms with van der Waals surface area (Å²) in [5.41, 5.74) is 1.71. The zero-order valence-electron chi connectivity index (χ0n) is 13.1. The molecule has 118 valence electrons. The minimum Gasteiger partial charge on any atom is -0.497 e. The van der Waals surface area contributed by atoms with Gasteiger partial charge in [-0.15, -0.1) is 0 Å². The number of benzene rings is 1. The quantitative estimate of drug-likeness (QED) is 0.850. The lowest BCUT2D eigenvalue weighted by atomic mass is 10.1. The van der Waals surface area contributed by atoms with Crippen LogP contribution < -0.4 is 10.1 Å². The molecule has 0 saturated carbocycles. The molecule has 22 heavy (non-hydrogen) atoms. The summed E-state index contributed by atoms with van der Waals surface area (Å²) in [5, 5.41) is 2.91. The van der Waals surface area contributed by atoms with Crippen molar-refractivity contribution in [2.75, 3.05) is 19.0 Å². The molecular formula is C17H22N2O3. The Balaban J connectivity index is 2.01. The monoisotopic (exact) mass is 302 g/mol. The Labute approximate surface area is 130 Å². The van der Waals surface area contributed by atoms with Gasteiger partial charge < -0.3 is 15.0 Å². The first kappa shape index (κ1) is 16.1. The molecule has 0 aromatic heterocycles. The fraction of sp³-hybridized carbons (Fsp3) is 0.412. The van der Waals surface area contributed by atoms with E-state index in [-0.39, 0.29) is 17.9 Å². The van der Waals surface area contributed by atoms with Crippen LogP contribution in [0.25, 0.3) is 0 Å². The van der Waals surface area contributed by atoms with Crippen LogP contribution >= 0.6 is 0 Å².